The van der Waals surface area contributed by atoms with Gasteiger partial charge in [0.05, 0.1) is 12.6 Å². The maximum absolute atomic E-state index is 14.1. The van der Waals surface area contributed by atoms with Crippen molar-refractivity contribution >= 4 is 11.6 Å². The van der Waals surface area contributed by atoms with Gasteiger partial charge in [0, 0.05) is 30.8 Å². The molecule has 0 amide bonds. The van der Waals surface area contributed by atoms with Gasteiger partial charge in [-0.1, -0.05) is 17.7 Å². The zero-order valence-corrected chi connectivity index (χ0v) is 12.6. The zero-order valence-electron chi connectivity index (χ0n) is 11.8. The van der Waals surface area contributed by atoms with Crippen LogP contribution in [0.2, 0.25) is 5.02 Å². The minimum atomic E-state index is -0.276. The number of benzene rings is 1. The maximum atomic E-state index is 14.1. The van der Waals surface area contributed by atoms with E-state index < -0.39 is 0 Å². The number of nitrogens with two attached hydrogens (primary N) is 1. The number of ether oxygens (including phenoxy) is 1. The van der Waals surface area contributed by atoms with Gasteiger partial charge in [-0.3, -0.25) is 4.90 Å². The molecule has 1 aromatic carbocycles. The van der Waals surface area contributed by atoms with Crippen LogP contribution in [0, 0.1) is 11.7 Å². The van der Waals surface area contributed by atoms with E-state index in [2.05, 4.69) is 4.90 Å². The van der Waals surface area contributed by atoms with Gasteiger partial charge >= 0.3 is 0 Å². The Morgan fingerprint density at radius 3 is 3.00 bits per heavy atom. The van der Waals surface area contributed by atoms with Gasteiger partial charge in [-0.25, -0.2) is 4.39 Å². The Labute approximate surface area is 124 Å². The van der Waals surface area contributed by atoms with Gasteiger partial charge in [0.25, 0.3) is 0 Å². The largest absolute Gasteiger partial charge is 0.384 e. The van der Waals surface area contributed by atoms with Crippen LogP contribution in [-0.4, -0.2) is 38.3 Å². The Morgan fingerprint density at radius 2 is 2.35 bits per heavy atom. The van der Waals surface area contributed by atoms with Gasteiger partial charge in [0.1, 0.15) is 5.82 Å². The quantitative estimate of drug-likeness (QED) is 0.909. The number of likely N-dealkylation sites (tertiary alicyclic amines) is 1. The highest BCUT2D eigenvalue weighted by Gasteiger charge is 2.29. The van der Waals surface area contributed by atoms with E-state index in [0.717, 1.165) is 32.5 Å². The molecule has 1 saturated heterocycles. The molecule has 0 radical (unpaired) electrons. The predicted octanol–water partition coefficient (Wildman–Crippen LogP) is 2.84. The first kappa shape index (κ1) is 15.7. The van der Waals surface area contributed by atoms with Crippen LogP contribution in [-0.2, 0) is 4.74 Å². The first-order valence-corrected chi connectivity index (χ1v) is 7.42. The molecule has 5 heteroatoms. The van der Waals surface area contributed by atoms with E-state index >= 15 is 0 Å². The molecule has 112 valence electrons. The van der Waals surface area contributed by atoms with Crippen LogP contribution in [0.4, 0.5) is 4.39 Å². The molecule has 0 aliphatic carbocycles. The summed E-state index contributed by atoms with van der Waals surface area (Å²) in [7, 11) is 1.72. The highest BCUT2D eigenvalue weighted by atomic mass is 35.5. The van der Waals surface area contributed by atoms with Crippen LogP contribution in [0.3, 0.4) is 0 Å². The molecule has 1 aromatic rings. The van der Waals surface area contributed by atoms with Gasteiger partial charge in [-0.2, -0.15) is 0 Å². The summed E-state index contributed by atoms with van der Waals surface area (Å²) in [6, 6.07) is 4.63. The van der Waals surface area contributed by atoms with Crippen molar-refractivity contribution in [1.82, 2.24) is 4.90 Å². The second-order valence-corrected chi connectivity index (χ2v) is 5.75. The highest BCUT2D eigenvalue weighted by Crippen LogP contribution is 2.32. The SMILES string of the molecule is COCC1CCCN(C(CN)c2c(F)cccc2Cl)C1. The van der Waals surface area contributed by atoms with E-state index in [0.29, 0.717) is 23.0 Å². The molecule has 0 saturated carbocycles. The maximum Gasteiger partial charge on any atom is 0.129 e. The molecule has 0 aromatic heterocycles. The molecule has 3 nitrogen and oxygen atoms in total. The first-order chi connectivity index (χ1) is 9.67. The van der Waals surface area contributed by atoms with E-state index in [1.165, 1.54) is 6.07 Å². The van der Waals surface area contributed by atoms with Crippen molar-refractivity contribution in [3.63, 3.8) is 0 Å². The van der Waals surface area contributed by atoms with E-state index in [-0.39, 0.29) is 11.9 Å². The van der Waals surface area contributed by atoms with Crippen molar-refractivity contribution in [2.75, 3.05) is 33.4 Å². The summed E-state index contributed by atoms with van der Waals surface area (Å²) in [5.41, 5.74) is 6.42. The molecule has 1 heterocycles. The van der Waals surface area contributed by atoms with Crippen molar-refractivity contribution in [2.24, 2.45) is 11.7 Å². The number of hydrogen-bond donors (Lipinski definition) is 1. The summed E-state index contributed by atoms with van der Waals surface area (Å²) in [5, 5.41) is 0.453. The molecule has 2 unspecified atom stereocenters. The summed E-state index contributed by atoms with van der Waals surface area (Å²) in [6.07, 6.45) is 2.23. The van der Waals surface area contributed by atoms with Crippen molar-refractivity contribution in [1.29, 1.82) is 0 Å². The fraction of sp³-hybridized carbons (Fsp3) is 0.600. The van der Waals surface area contributed by atoms with Crippen molar-refractivity contribution < 1.29 is 9.13 Å². The van der Waals surface area contributed by atoms with Gasteiger partial charge < -0.3 is 10.5 Å². The Hall–Kier alpha value is -0.680. The summed E-state index contributed by atoms with van der Waals surface area (Å²) in [6.45, 7) is 2.90. The van der Waals surface area contributed by atoms with E-state index in [1.807, 2.05) is 0 Å². The van der Waals surface area contributed by atoms with Crippen LogP contribution in [0.25, 0.3) is 0 Å². The molecule has 1 aliphatic heterocycles. The molecule has 20 heavy (non-hydrogen) atoms. The number of rotatable bonds is 5. The Bertz CT molecular complexity index is 422. The Morgan fingerprint density at radius 1 is 1.55 bits per heavy atom. The molecular weight excluding hydrogens is 279 g/mol. The average Bonchev–Trinajstić information content (AvgIpc) is 2.44. The minimum Gasteiger partial charge on any atom is -0.384 e. The fourth-order valence-corrected chi connectivity index (χ4v) is 3.32. The number of nitrogens with zero attached hydrogens (tertiary/aromatic N) is 1. The lowest BCUT2D eigenvalue weighted by atomic mass is 9.95. The predicted molar refractivity (Wildman–Crippen MR) is 79.4 cm³/mol. The second-order valence-electron chi connectivity index (χ2n) is 5.35. The van der Waals surface area contributed by atoms with Crippen LogP contribution >= 0.6 is 11.6 Å². The number of methoxy groups -OCH3 is 1. The van der Waals surface area contributed by atoms with Gasteiger partial charge in [-0.15, -0.1) is 0 Å². The lowest BCUT2D eigenvalue weighted by Gasteiger charge is -2.38. The van der Waals surface area contributed by atoms with Crippen LogP contribution < -0.4 is 5.73 Å². The number of halogens is 2. The smallest absolute Gasteiger partial charge is 0.129 e. The van der Waals surface area contributed by atoms with Crippen molar-refractivity contribution in [3.05, 3.63) is 34.6 Å². The van der Waals surface area contributed by atoms with E-state index in [4.69, 9.17) is 22.1 Å². The molecule has 2 atom stereocenters. The fourth-order valence-electron chi connectivity index (χ4n) is 3.03. The molecule has 1 aliphatic rings. The Balaban J connectivity index is 2.19. The van der Waals surface area contributed by atoms with Crippen LogP contribution in [0.5, 0.6) is 0 Å². The standard InChI is InChI=1S/C15H22ClFN2O/c1-20-10-11-4-3-7-19(9-11)14(8-18)15-12(16)5-2-6-13(15)17/h2,5-6,11,14H,3-4,7-10,18H2,1H3. The normalized spacial score (nSPS) is 21.9. The second kappa shape index (κ2) is 7.36. The van der Waals surface area contributed by atoms with Crippen LogP contribution in [0.1, 0.15) is 24.4 Å². The van der Waals surface area contributed by atoms with Gasteiger partial charge in [0.2, 0.25) is 0 Å². The lowest BCUT2D eigenvalue weighted by molar-refractivity contribution is 0.0688. The first-order valence-electron chi connectivity index (χ1n) is 7.04. The minimum absolute atomic E-state index is 0.164. The average molecular weight is 301 g/mol. The molecule has 0 bridgehead atoms. The molecule has 0 spiro atoms. The van der Waals surface area contributed by atoms with E-state index in [1.54, 1.807) is 19.2 Å². The topological polar surface area (TPSA) is 38.5 Å². The van der Waals surface area contributed by atoms with Crippen molar-refractivity contribution in [2.45, 2.75) is 18.9 Å². The Kier molecular flexibility index (Phi) is 5.78. The number of piperidine rings is 1. The van der Waals surface area contributed by atoms with Crippen LogP contribution in [0.15, 0.2) is 18.2 Å². The molecule has 2 rings (SSSR count). The van der Waals surface area contributed by atoms with Crippen molar-refractivity contribution in [3.8, 4) is 0 Å². The third-order valence-corrected chi connectivity index (χ3v) is 4.28. The summed E-state index contributed by atoms with van der Waals surface area (Å²) in [4.78, 5) is 2.23. The summed E-state index contributed by atoms with van der Waals surface area (Å²) in [5.74, 6) is 0.204. The number of hydrogen-bond acceptors (Lipinski definition) is 3. The van der Waals surface area contributed by atoms with Gasteiger partial charge in [0.15, 0.2) is 0 Å². The highest BCUT2D eigenvalue weighted by molar-refractivity contribution is 6.31. The monoisotopic (exact) mass is 300 g/mol. The van der Waals surface area contributed by atoms with E-state index in [9.17, 15) is 4.39 Å². The summed E-state index contributed by atoms with van der Waals surface area (Å²) >= 11 is 6.17. The summed E-state index contributed by atoms with van der Waals surface area (Å²) < 4.78 is 19.3. The zero-order chi connectivity index (χ0) is 14.5. The van der Waals surface area contributed by atoms with Gasteiger partial charge in [-0.05, 0) is 37.4 Å². The third-order valence-electron chi connectivity index (χ3n) is 3.95. The molecule has 2 N–H and O–H groups in total. The molecule has 1 fully saturated rings. The molecular formula is C15H22ClFN2O. The lowest BCUT2D eigenvalue weighted by Crippen LogP contribution is -2.42. The third kappa shape index (κ3) is 3.50.